The van der Waals surface area contributed by atoms with E-state index in [1.165, 1.54) is 0 Å². The molecule has 0 fully saturated rings. The molecular formula is C16H20N2O2. The highest BCUT2D eigenvalue weighted by molar-refractivity contribution is 5.94. The fourth-order valence-corrected chi connectivity index (χ4v) is 2.04. The van der Waals surface area contributed by atoms with Gasteiger partial charge in [0.1, 0.15) is 11.5 Å². The fraction of sp³-hybridized carbons (Fsp3) is 0.312. The van der Waals surface area contributed by atoms with Crippen LogP contribution in [0.15, 0.2) is 34.7 Å². The highest BCUT2D eigenvalue weighted by Gasteiger charge is 2.06. The van der Waals surface area contributed by atoms with Crippen molar-refractivity contribution < 1.29 is 9.21 Å². The Labute approximate surface area is 119 Å². The first-order valence-electron chi connectivity index (χ1n) is 6.78. The Hall–Kier alpha value is -2.23. The van der Waals surface area contributed by atoms with Gasteiger partial charge < -0.3 is 15.1 Å². The molecule has 1 aromatic heterocycles. The average molecular weight is 272 g/mol. The van der Waals surface area contributed by atoms with Crippen LogP contribution in [0, 0.1) is 6.92 Å². The first-order valence-corrected chi connectivity index (χ1v) is 6.78. The summed E-state index contributed by atoms with van der Waals surface area (Å²) in [6.45, 7) is 4.69. The van der Waals surface area contributed by atoms with E-state index >= 15 is 0 Å². The summed E-state index contributed by atoms with van der Waals surface area (Å²) in [4.78, 5) is 11.5. The first-order chi connectivity index (χ1) is 9.63. The minimum atomic E-state index is -0.0710. The summed E-state index contributed by atoms with van der Waals surface area (Å²) in [5, 5.41) is 5.95. The van der Waals surface area contributed by atoms with Crippen LogP contribution in [-0.2, 0) is 13.0 Å². The number of hydrogen-bond acceptors (Lipinski definition) is 3. The topological polar surface area (TPSA) is 54.3 Å². The van der Waals surface area contributed by atoms with E-state index in [4.69, 9.17) is 4.42 Å². The van der Waals surface area contributed by atoms with Crippen molar-refractivity contribution in [3.8, 4) is 0 Å². The van der Waals surface area contributed by atoms with Gasteiger partial charge in [-0.2, -0.15) is 0 Å². The number of aryl methyl sites for hydroxylation is 2. The molecule has 20 heavy (non-hydrogen) atoms. The van der Waals surface area contributed by atoms with Crippen LogP contribution in [0.5, 0.6) is 0 Å². The van der Waals surface area contributed by atoms with Crippen LogP contribution in [0.4, 0.5) is 5.69 Å². The zero-order chi connectivity index (χ0) is 14.5. The molecule has 1 amide bonds. The van der Waals surface area contributed by atoms with Crippen molar-refractivity contribution in [2.45, 2.75) is 26.8 Å². The van der Waals surface area contributed by atoms with E-state index in [0.29, 0.717) is 12.1 Å². The van der Waals surface area contributed by atoms with Gasteiger partial charge in [0.05, 0.1) is 6.54 Å². The maximum absolute atomic E-state index is 11.5. The van der Waals surface area contributed by atoms with Crippen LogP contribution in [0.1, 0.15) is 34.4 Å². The van der Waals surface area contributed by atoms with Crippen molar-refractivity contribution in [3.63, 3.8) is 0 Å². The molecule has 2 aromatic rings. The van der Waals surface area contributed by atoms with E-state index < -0.39 is 0 Å². The lowest BCUT2D eigenvalue weighted by Gasteiger charge is -2.09. The van der Waals surface area contributed by atoms with Crippen molar-refractivity contribution >= 4 is 11.6 Å². The average Bonchev–Trinajstić information content (AvgIpc) is 2.93. The van der Waals surface area contributed by atoms with Crippen LogP contribution >= 0.6 is 0 Å². The molecule has 1 aromatic carbocycles. The lowest BCUT2D eigenvalue weighted by Crippen LogP contribution is -2.17. The van der Waals surface area contributed by atoms with E-state index in [1.54, 1.807) is 7.05 Å². The van der Waals surface area contributed by atoms with Crippen molar-refractivity contribution in [1.29, 1.82) is 0 Å². The van der Waals surface area contributed by atoms with Crippen molar-refractivity contribution in [1.82, 2.24) is 5.32 Å². The Balaban J connectivity index is 2.04. The predicted octanol–water partition coefficient (Wildman–Crippen LogP) is 3.12. The highest BCUT2D eigenvalue weighted by Crippen LogP contribution is 2.18. The largest absolute Gasteiger partial charge is 0.464 e. The molecule has 0 saturated carbocycles. The van der Waals surface area contributed by atoms with Crippen LogP contribution in [0.25, 0.3) is 0 Å². The van der Waals surface area contributed by atoms with Crippen LogP contribution in [0.2, 0.25) is 0 Å². The molecule has 0 aliphatic carbocycles. The Bertz CT molecular complexity index is 602. The minimum Gasteiger partial charge on any atom is -0.464 e. The summed E-state index contributed by atoms with van der Waals surface area (Å²) in [6.07, 6.45) is 0.903. The number of nitrogens with one attached hydrogen (secondary N) is 2. The van der Waals surface area contributed by atoms with Gasteiger partial charge in [0.25, 0.3) is 5.91 Å². The second-order valence-corrected chi connectivity index (χ2v) is 4.68. The third kappa shape index (κ3) is 3.20. The fourth-order valence-electron chi connectivity index (χ4n) is 2.04. The summed E-state index contributed by atoms with van der Waals surface area (Å²) < 4.78 is 5.65. The molecular weight excluding hydrogens is 252 g/mol. The van der Waals surface area contributed by atoms with E-state index in [9.17, 15) is 4.79 Å². The lowest BCUT2D eigenvalue weighted by molar-refractivity contribution is 0.0963. The summed E-state index contributed by atoms with van der Waals surface area (Å²) in [6, 6.07) is 9.59. The number of amides is 1. The summed E-state index contributed by atoms with van der Waals surface area (Å²) in [7, 11) is 1.63. The van der Waals surface area contributed by atoms with Crippen LogP contribution in [-0.4, -0.2) is 13.0 Å². The zero-order valence-corrected chi connectivity index (χ0v) is 12.1. The molecule has 0 aliphatic rings. The lowest BCUT2D eigenvalue weighted by atomic mass is 10.1. The minimum absolute atomic E-state index is 0.0710. The maximum atomic E-state index is 11.5. The van der Waals surface area contributed by atoms with Crippen molar-refractivity contribution in [2.24, 2.45) is 0 Å². The van der Waals surface area contributed by atoms with Gasteiger partial charge in [0, 0.05) is 24.7 Å². The number of benzene rings is 1. The molecule has 0 atom stereocenters. The second kappa shape index (κ2) is 6.28. The Kier molecular flexibility index (Phi) is 4.45. The Morgan fingerprint density at radius 1 is 1.20 bits per heavy atom. The Morgan fingerprint density at radius 2 is 1.95 bits per heavy atom. The van der Waals surface area contributed by atoms with E-state index in [0.717, 1.165) is 29.2 Å². The number of carbonyl (C=O) groups excluding carboxylic acids is 1. The molecule has 4 heteroatoms. The smallest absolute Gasteiger partial charge is 0.251 e. The zero-order valence-electron chi connectivity index (χ0n) is 12.1. The summed E-state index contributed by atoms with van der Waals surface area (Å²) >= 11 is 0. The number of carbonyl (C=O) groups is 1. The van der Waals surface area contributed by atoms with Crippen molar-refractivity contribution in [2.75, 3.05) is 12.4 Å². The monoisotopic (exact) mass is 272 g/mol. The molecule has 0 aliphatic heterocycles. The van der Waals surface area contributed by atoms with Gasteiger partial charge in [-0.15, -0.1) is 0 Å². The quantitative estimate of drug-likeness (QED) is 0.879. The van der Waals surface area contributed by atoms with Crippen molar-refractivity contribution in [3.05, 3.63) is 53.0 Å². The normalized spacial score (nSPS) is 10.3. The van der Waals surface area contributed by atoms with Gasteiger partial charge in [0.2, 0.25) is 0 Å². The number of rotatable bonds is 5. The van der Waals surface area contributed by atoms with Crippen LogP contribution < -0.4 is 10.6 Å². The molecule has 106 valence electrons. The predicted molar refractivity (Wildman–Crippen MR) is 80.0 cm³/mol. The van der Waals surface area contributed by atoms with Gasteiger partial charge in [-0.1, -0.05) is 6.92 Å². The SMILES string of the molecule is CCc1ccc(CNc2ccc(C(=O)NC)cc2C)o1. The molecule has 0 saturated heterocycles. The summed E-state index contributed by atoms with van der Waals surface area (Å²) in [5.74, 6) is 1.84. The third-order valence-corrected chi connectivity index (χ3v) is 3.23. The molecule has 2 N–H and O–H groups in total. The van der Waals surface area contributed by atoms with Crippen LogP contribution in [0.3, 0.4) is 0 Å². The maximum Gasteiger partial charge on any atom is 0.251 e. The molecule has 4 nitrogen and oxygen atoms in total. The van der Waals surface area contributed by atoms with Gasteiger partial charge in [-0.25, -0.2) is 0 Å². The van der Waals surface area contributed by atoms with E-state index in [-0.39, 0.29) is 5.91 Å². The number of furan rings is 1. The van der Waals surface area contributed by atoms with Gasteiger partial charge in [-0.05, 0) is 42.8 Å². The van der Waals surface area contributed by atoms with Gasteiger partial charge in [-0.3, -0.25) is 4.79 Å². The molecule has 1 heterocycles. The number of anilines is 1. The first kappa shape index (κ1) is 14.2. The molecule has 2 rings (SSSR count). The third-order valence-electron chi connectivity index (χ3n) is 3.23. The molecule has 0 spiro atoms. The Morgan fingerprint density at radius 3 is 2.55 bits per heavy atom. The second-order valence-electron chi connectivity index (χ2n) is 4.68. The standard InChI is InChI=1S/C16H20N2O2/c1-4-13-6-7-14(20-13)10-18-15-8-5-12(9-11(15)2)16(19)17-3/h5-9,18H,4,10H2,1-3H3,(H,17,19). The van der Waals surface area contributed by atoms with Gasteiger partial charge >= 0.3 is 0 Å². The molecule has 0 radical (unpaired) electrons. The summed E-state index contributed by atoms with van der Waals surface area (Å²) in [5.41, 5.74) is 2.71. The van der Waals surface area contributed by atoms with E-state index in [2.05, 4.69) is 17.6 Å². The van der Waals surface area contributed by atoms with Gasteiger partial charge in [0.15, 0.2) is 0 Å². The molecule has 0 bridgehead atoms. The number of hydrogen-bond donors (Lipinski definition) is 2. The highest BCUT2D eigenvalue weighted by atomic mass is 16.3. The molecule has 0 unspecified atom stereocenters. The van der Waals surface area contributed by atoms with E-state index in [1.807, 2.05) is 37.3 Å².